The summed E-state index contributed by atoms with van der Waals surface area (Å²) in [7, 11) is 0. The van der Waals surface area contributed by atoms with E-state index >= 15 is 0 Å². The minimum atomic E-state index is -0.125. The van der Waals surface area contributed by atoms with E-state index in [1.54, 1.807) is 18.7 Å². The van der Waals surface area contributed by atoms with Crippen LogP contribution >= 0.6 is 0 Å². The molecule has 23 heavy (non-hydrogen) atoms. The summed E-state index contributed by atoms with van der Waals surface area (Å²) in [5.74, 6) is 0.908. The highest BCUT2D eigenvalue weighted by Crippen LogP contribution is 2.22. The molecule has 126 valence electrons. The van der Waals surface area contributed by atoms with Crippen LogP contribution in [0.3, 0.4) is 0 Å². The fraction of sp³-hybridized carbons (Fsp3) is 0.688. The first-order valence-electron chi connectivity index (χ1n) is 8.16. The van der Waals surface area contributed by atoms with Crippen molar-refractivity contribution in [2.45, 2.75) is 26.7 Å². The van der Waals surface area contributed by atoms with Crippen LogP contribution in [0.15, 0.2) is 4.42 Å². The van der Waals surface area contributed by atoms with Crippen molar-refractivity contribution in [2.24, 2.45) is 5.92 Å². The fourth-order valence-corrected chi connectivity index (χ4v) is 3.24. The van der Waals surface area contributed by atoms with Crippen molar-refractivity contribution in [1.29, 1.82) is 0 Å². The Hall–Kier alpha value is -1.89. The van der Waals surface area contributed by atoms with Crippen LogP contribution in [0.4, 0.5) is 0 Å². The van der Waals surface area contributed by atoms with Crippen molar-refractivity contribution in [3.8, 4) is 0 Å². The van der Waals surface area contributed by atoms with Crippen molar-refractivity contribution in [3.63, 3.8) is 0 Å². The molecule has 2 aliphatic rings. The quantitative estimate of drug-likeness (QED) is 0.812. The maximum Gasteiger partial charge on any atom is 0.291 e. The van der Waals surface area contributed by atoms with Crippen LogP contribution in [-0.2, 0) is 9.53 Å². The number of hydrogen-bond acceptors (Lipinski definition) is 5. The Morgan fingerprint density at radius 2 is 1.70 bits per heavy atom. The highest BCUT2D eigenvalue weighted by atomic mass is 16.5. The topological polar surface area (TPSA) is 75.9 Å². The lowest BCUT2D eigenvalue weighted by Gasteiger charge is -2.35. The average molecular weight is 321 g/mol. The number of morpholine rings is 1. The van der Waals surface area contributed by atoms with Gasteiger partial charge in [-0.2, -0.15) is 0 Å². The van der Waals surface area contributed by atoms with Gasteiger partial charge in [0.15, 0.2) is 5.89 Å². The smallest absolute Gasteiger partial charge is 0.291 e. The maximum absolute atomic E-state index is 12.5. The van der Waals surface area contributed by atoms with Gasteiger partial charge in [0.25, 0.3) is 5.91 Å². The van der Waals surface area contributed by atoms with Crippen LogP contribution in [-0.4, -0.2) is 66.0 Å². The van der Waals surface area contributed by atoms with Crippen LogP contribution in [0.25, 0.3) is 0 Å². The molecule has 0 bridgehead atoms. The molecule has 1 aromatic heterocycles. The second kappa shape index (κ2) is 6.70. The molecule has 0 aliphatic carbocycles. The summed E-state index contributed by atoms with van der Waals surface area (Å²) in [6.45, 7) is 7.26. The van der Waals surface area contributed by atoms with Gasteiger partial charge in [0, 0.05) is 39.0 Å². The summed E-state index contributed by atoms with van der Waals surface area (Å²) in [5, 5.41) is 0. The van der Waals surface area contributed by atoms with Gasteiger partial charge in [0.05, 0.1) is 18.9 Å². The molecule has 7 nitrogen and oxygen atoms in total. The van der Waals surface area contributed by atoms with E-state index in [1.807, 2.05) is 4.90 Å². The van der Waals surface area contributed by atoms with Gasteiger partial charge in [-0.05, 0) is 19.8 Å². The molecule has 2 aliphatic heterocycles. The van der Waals surface area contributed by atoms with Gasteiger partial charge in [0.1, 0.15) is 0 Å². The van der Waals surface area contributed by atoms with E-state index in [0.29, 0.717) is 69.6 Å². The summed E-state index contributed by atoms with van der Waals surface area (Å²) in [5.41, 5.74) is 0.624. The predicted octanol–water partition coefficient (Wildman–Crippen LogP) is 1.00. The number of oxazole rings is 1. The molecule has 3 rings (SSSR count). The second-order valence-corrected chi connectivity index (χ2v) is 6.15. The van der Waals surface area contributed by atoms with Crippen molar-refractivity contribution in [1.82, 2.24) is 14.8 Å². The Morgan fingerprint density at radius 3 is 2.26 bits per heavy atom. The molecule has 1 aromatic rings. The third kappa shape index (κ3) is 3.39. The van der Waals surface area contributed by atoms with Crippen LogP contribution < -0.4 is 0 Å². The van der Waals surface area contributed by atoms with E-state index in [9.17, 15) is 9.59 Å². The lowest BCUT2D eigenvalue weighted by atomic mass is 9.95. The number of aromatic nitrogens is 1. The maximum atomic E-state index is 12.5. The molecule has 2 amide bonds. The van der Waals surface area contributed by atoms with Gasteiger partial charge in [0.2, 0.25) is 11.7 Å². The Labute approximate surface area is 135 Å². The third-order valence-corrected chi connectivity index (χ3v) is 4.55. The minimum Gasteiger partial charge on any atom is -0.436 e. The van der Waals surface area contributed by atoms with E-state index in [2.05, 4.69) is 4.98 Å². The number of likely N-dealkylation sites (tertiary alicyclic amines) is 1. The monoisotopic (exact) mass is 321 g/mol. The lowest BCUT2D eigenvalue weighted by Crippen LogP contribution is -2.47. The molecule has 2 fully saturated rings. The molecule has 0 spiro atoms. The standard InChI is InChI=1S/C16H23N3O4/c1-11-14(23-12(2)17-11)16(21)18-5-3-13(4-6-18)15(20)19-7-9-22-10-8-19/h13H,3-10H2,1-2H3. The van der Waals surface area contributed by atoms with E-state index in [0.717, 1.165) is 0 Å². The van der Waals surface area contributed by atoms with E-state index < -0.39 is 0 Å². The number of ether oxygens (including phenoxy) is 1. The molecule has 0 aromatic carbocycles. The highest BCUT2D eigenvalue weighted by molar-refractivity contribution is 5.92. The fourth-order valence-electron chi connectivity index (χ4n) is 3.24. The van der Waals surface area contributed by atoms with Crippen molar-refractivity contribution in [2.75, 3.05) is 39.4 Å². The third-order valence-electron chi connectivity index (χ3n) is 4.55. The van der Waals surface area contributed by atoms with Crippen molar-refractivity contribution >= 4 is 11.8 Å². The zero-order chi connectivity index (χ0) is 16.4. The predicted molar refractivity (Wildman–Crippen MR) is 82.0 cm³/mol. The summed E-state index contributed by atoms with van der Waals surface area (Å²) in [6, 6.07) is 0. The van der Waals surface area contributed by atoms with Crippen molar-refractivity contribution < 1.29 is 18.7 Å². The van der Waals surface area contributed by atoms with Gasteiger partial charge in [-0.25, -0.2) is 4.98 Å². The SMILES string of the molecule is Cc1nc(C)c(C(=O)N2CCC(C(=O)N3CCOCC3)CC2)o1. The number of amides is 2. The van der Waals surface area contributed by atoms with Gasteiger partial charge < -0.3 is 19.0 Å². The number of hydrogen-bond donors (Lipinski definition) is 0. The molecule has 3 heterocycles. The molecule has 7 heteroatoms. The van der Waals surface area contributed by atoms with Crippen LogP contribution in [0.5, 0.6) is 0 Å². The van der Waals surface area contributed by atoms with Gasteiger partial charge in [-0.1, -0.05) is 0 Å². The molecule has 2 saturated heterocycles. The first kappa shape index (κ1) is 16.0. The number of rotatable bonds is 2. The molecule has 0 unspecified atom stereocenters. The van der Waals surface area contributed by atoms with Crippen LogP contribution in [0.2, 0.25) is 0 Å². The molecule has 0 radical (unpaired) electrons. The summed E-state index contributed by atoms with van der Waals surface area (Å²) in [6.07, 6.45) is 1.40. The van der Waals surface area contributed by atoms with Crippen LogP contribution in [0, 0.1) is 19.8 Å². The molecule has 0 N–H and O–H groups in total. The normalized spacial score (nSPS) is 19.9. The molecule has 0 saturated carbocycles. The minimum absolute atomic E-state index is 0.00899. The lowest BCUT2D eigenvalue weighted by molar-refractivity contribution is -0.141. The summed E-state index contributed by atoms with van der Waals surface area (Å²) in [4.78, 5) is 32.8. The number of nitrogens with zero attached hydrogens (tertiary/aromatic N) is 3. The Bertz CT molecular complexity index is 584. The molecule has 0 atom stereocenters. The number of piperidine rings is 1. The highest BCUT2D eigenvalue weighted by Gasteiger charge is 2.32. The van der Waals surface area contributed by atoms with Gasteiger partial charge in [-0.3, -0.25) is 9.59 Å². The zero-order valence-corrected chi connectivity index (χ0v) is 13.7. The Morgan fingerprint density at radius 1 is 1.04 bits per heavy atom. The molecular weight excluding hydrogens is 298 g/mol. The van der Waals surface area contributed by atoms with Crippen LogP contribution in [0.1, 0.15) is 35.0 Å². The van der Waals surface area contributed by atoms with E-state index in [4.69, 9.17) is 9.15 Å². The zero-order valence-electron chi connectivity index (χ0n) is 13.7. The van der Waals surface area contributed by atoms with E-state index in [-0.39, 0.29) is 17.7 Å². The van der Waals surface area contributed by atoms with Crippen molar-refractivity contribution in [3.05, 3.63) is 17.3 Å². The summed E-state index contributed by atoms with van der Waals surface area (Å²) < 4.78 is 10.7. The second-order valence-electron chi connectivity index (χ2n) is 6.15. The van der Waals surface area contributed by atoms with E-state index in [1.165, 1.54) is 0 Å². The summed E-state index contributed by atoms with van der Waals surface area (Å²) >= 11 is 0. The average Bonchev–Trinajstić information content (AvgIpc) is 2.93. The Kier molecular flexibility index (Phi) is 4.66. The van der Waals surface area contributed by atoms with Gasteiger partial charge >= 0.3 is 0 Å². The Balaban J connectivity index is 1.56. The number of carbonyl (C=O) groups is 2. The first-order valence-corrected chi connectivity index (χ1v) is 8.16. The number of carbonyl (C=O) groups excluding carboxylic acids is 2. The first-order chi connectivity index (χ1) is 11.1. The van der Waals surface area contributed by atoms with Gasteiger partial charge in [-0.15, -0.1) is 0 Å². The largest absolute Gasteiger partial charge is 0.436 e. The molecular formula is C16H23N3O4. The number of aryl methyl sites for hydroxylation is 2.